The fourth-order valence-electron chi connectivity index (χ4n) is 1.40. The van der Waals surface area contributed by atoms with Crippen molar-refractivity contribution in [2.75, 3.05) is 19.6 Å². The smallest absolute Gasteiger partial charge is 0.324 e. The van der Waals surface area contributed by atoms with Gasteiger partial charge in [-0.05, 0) is 20.8 Å². The van der Waals surface area contributed by atoms with Crippen molar-refractivity contribution < 1.29 is 9.59 Å². The van der Waals surface area contributed by atoms with Gasteiger partial charge in [0.1, 0.15) is 6.54 Å². The maximum Gasteiger partial charge on any atom is 0.327 e. The molecule has 1 aliphatic rings. The Morgan fingerprint density at radius 3 is 2.36 bits per heavy atom. The summed E-state index contributed by atoms with van der Waals surface area (Å²) in [6, 6.07) is -0.226. The van der Waals surface area contributed by atoms with Gasteiger partial charge in [0.05, 0.1) is 0 Å². The van der Waals surface area contributed by atoms with Gasteiger partial charge in [-0.3, -0.25) is 9.69 Å². The van der Waals surface area contributed by atoms with E-state index in [4.69, 9.17) is 5.73 Å². The summed E-state index contributed by atoms with van der Waals surface area (Å²) in [5, 5.41) is 0. The number of hydrogen-bond donors (Lipinski definition) is 1. The minimum absolute atomic E-state index is 0.157. The Morgan fingerprint density at radius 2 is 2.00 bits per heavy atom. The Morgan fingerprint density at radius 1 is 1.43 bits per heavy atom. The molecule has 0 bridgehead atoms. The minimum Gasteiger partial charge on any atom is -0.324 e. The molecule has 5 nitrogen and oxygen atoms in total. The fourth-order valence-corrected chi connectivity index (χ4v) is 1.40. The Labute approximate surface area is 83.8 Å². The van der Waals surface area contributed by atoms with Crippen molar-refractivity contribution in [1.82, 2.24) is 9.80 Å². The number of hydrogen-bond acceptors (Lipinski definition) is 3. The monoisotopic (exact) mass is 199 g/mol. The summed E-state index contributed by atoms with van der Waals surface area (Å²) in [7, 11) is 0. The predicted octanol–water partition coefficient (Wildman–Crippen LogP) is 0.00780. The Kier molecular flexibility index (Phi) is 2.80. The number of imide groups is 1. The molecule has 0 atom stereocenters. The van der Waals surface area contributed by atoms with Gasteiger partial charge in [0.2, 0.25) is 5.91 Å². The van der Waals surface area contributed by atoms with Gasteiger partial charge in [0, 0.05) is 18.6 Å². The number of rotatable bonds is 3. The predicted molar refractivity (Wildman–Crippen MR) is 52.6 cm³/mol. The number of urea groups is 1. The molecular formula is C9H17N3O2. The molecule has 0 radical (unpaired) electrons. The first kappa shape index (κ1) is 11.0. The molecule has 0 aliphatic carbocycles. The normalized spacial score (nSPS) is 18.3. The summed E-state index contributed by atoms with van der Waals surface area (Å²) in [4.78, 5) is 25.8. The highest BCUT2D eigenvalue weighted by molar-refractivity contribution is 6.02. The van der Waals surface area contributed by atoms with Gasteiger partial charge in [0.25, 0.3) is 0 Å². The van der Waals surface area contributed by atoms with Crippen LogP contribution in [-0.4, -0.2) is 46.9 Å². The molecule has 5 heteroatoms. The zero-order valence-corrected chi connectivity index (χ0v) is 8.91. The zero-order chi connectivity index (χ0) is 10.9. The van der Waals surface area contributed by atoms with Crippen molar-refractivity contribution in [3.05, 3.63) is 0 Å². The summed E-state index contributed by atoms with van der Waals surface area (Å²) < 4.78 is 0. The average Bonchev–Trinajstić information content (AvgIpc) is 2.29. The van der Waals surface area contributed by atoms with Crippen LogP contribution >= 0.6 is 0 Å². The van der Waals surface area contributed by atoms with Gasteiger partial charge in [-0.15, -0.1) is 0 Å². The highest BCUT2D eigenvalue weighted by atomic mass is 16.2. The highest BCUT2D eigenvalue weighted by Crippen LogP contribution is 2.12. The van der Waals surface area contributed by atoms with Crippen molar-refractivity contribution in [2.24, 2.45) is 5.73 Å². The zero-order valence-electron chi connectivity index (χ0n) is 8.91. The van der Waals surface area contributed by atoms with E-state index in [1.807, 2.05) is 6.92 Å². The van der Waals surface area contributed by atoms with Crippen molar-refractivity contribution in [2.45, 2.75) is 26.3 Å². The van der Waals surface area contributed by atoms with Crippen molar-refractivity contribution in [3.63, 3.8) is 0 Å². The van der Waals surface area contributed by atoms with E-state index in [1.54, 1.807) is 13.8 Å². The minimum atomic E-state index is -0.533. The summed E-state index contributed by atoms with van der Waals surface area (Å²) in [6.45, 7) is 6.46. The van der Waals surface area contributed by atoms with E-state index < -0.39 is 5.54 Å². The van der Waals surface area contributed by atoms with Crippen molar-refractivity contribution in [1.29, 1.82) is 0 Å². The van der Waals surface area contributed by atoms with Crippen molar-refractivity contribution >= 4 is 11.9 Å². The van der Waals surface area contributed by atoms with E-state index in [2.05, 4.69) is 0 Å². The molecule has 0 unspecified atom stereocenters. The summed E-state index contributed by atoms with van der Waals surface area (Å²) in [5.74, 6) is -0.157. The molecule has 14 heavy (non-hydrogen) atoms. The summed E-state index contributed by atoms with van der Waals surface area (Å²) in [5.41, 5.74) is 5.23. The lowest BCUT2D eigenvalue weighted by Crippen LogP contribution is -2.48. The highest BCUT2D eigenvalue weighted by Gasteiger charge is 2.36. The lowest BCUT2D eigenvalue weighted by Gasteiger charge is -2.24. The molecule has 1 rings (SSSR count). The van der Waals surface area contributed by atoms with Gasteiger partial charge in [-0.1, -0.05) is 0 Å². The first-order chi connectivity index (χ1) is 6.35. The number of nitrogens with two attached hydrogens (primary N) is 1. The second-order valence-electron chi connectivity index (χ2n) is 4.27. The van der Waals surface area contributed by atoms with Crippen LogP contribution in [0.1, 0.15) is 20.8 Å². The van der Waals surface area contributed by atoms with Crippen LogP contribution in [0.25, 0.3) is 0 Å². The van der Waals surface area contributed by atoms with Crippen LogP contribution in [0, 0.1) is 0 Å². The molecule has 0 spiro atoms. The molecule has 80 valence electrons. The average molecular weight is 199 g/mol. The number of nitrogens with zero attached hydrogens (tertiary/aromatic N) is 2. The number of carbonyl (C=O) groups excluding carboxylic acids is 2. The molecule has 1 saturated heterocycles. The largest absolute Gasteiger partial charge is 0.327 e. The standard InChI is InChI=1S/C9H17N3O2/c1-4-11-5-7(13)12(8(11)14)6-9(2,3)10/h4-6,10H2,1-3H3. The molecule has 1 aliphatic heterocycles. The topological polar surface area (TPSA) is 66.6 Å². The quantitative estimate of drug-likeness (QED) is 0.651. The van der Waals surface area contributed by atoms with E-state index in [1.165, 1.54) is 9.80 Å². The van der Waals surface area contributed by atoms with Gasteiger partial charge < -0.3 is 10.6 Å². The molecule has 0 aromatic carbocycles. The van der Waals surface area contributed by atoms with Gasteiger partial charge in [-0.25, -0.2) is 4.79 Å². The molecular weight excluding hydrogens is 182 g/mol. The molecule has 0 saturated carbocycles. The van der Waals surface area contributed by atoms with E-state index in [-0.39, 0.29) is 25.0 Å². The third-order valence-electron chi connectivity index (χ3n) is 2.08. The van der Waals surface area contributed by atoms with Crippen LogP contribution in [0.15, 0.2) is 0 Å². The van der Waals surface area contributed by atoms with Crippen LogP contribution < -0.4 is 5.73 Å². The molecule has 3 amide bonds. The second-order valence-corrected chi connectivity index (χ2v) is 4.27. The maximum absolute atomic E-state index is 11.6. The Hall–Kier alpha value is -1.10. The Balaban J connectivity index is 2.71. The van der Waals surface area contributed by atoms with E-state index in [0.717, 1.165) is 0 Å². The summed E-state index contributed by atoms with van der Waals surface area (Å²) in [6.07, 6.45) is 0. The first-order valence-electron chi connectivity index (χ1n) is 4.73. The molecule has 1 fully saturated rings. The SMILES string of the molecule is CCN1CC(=O)N(CC(C)(C)N)C1=O. The summed E-state index contributed by atoms with van der Waals surface area (Å²) >= 11 is 0. The number of likely N-dealkylation sites (N-methyl/N-ethyl adjacent to an activating group) is 1. The molecule has 0 aromatic rings. The van der Waals surface area contributed by atoms with Crippen LogP contribution in [0.3, 0.4) is 0 Å². The fraction of sp³-hybridized carbons (Fsp3) is 0.778. The van der Waals surface area contributed by atoms with Crippen LogP contribution in [0.5, 0.6) is 0 Å². The number of amides is 3. The maximum atomic E-state index is 11.6. The lowest BCUT2D eigenvalue weighted by molar-refractivity contribution is -0.125. The third kappa shape index (κ3) is 2.23. The third-order valence-corrected chi connectivity index (χ3v) is 2.08. The van der Waals surface area contributed by atoms with Crippen LogP contribution in [0.4, 0.5) is 4.79 Å². The van der Waals surface area contributed by atoms with Crippen molar-refractivity contribution in [3.8, 4) is 0 Å². The lowest BCUT2D eigenvalue weighted by atomic mass is 10.1. The first-order valence-corrected chi connectivity index (χ1v) is 4.73. The Bertz CT molecular complexity index is 257. The molecule has 2 N–H and O–H groups in total. The van der Waals surface area contributed by atoms with Gasteiger partial charge in [0.15, 0.2) is 0 Å². The van der Waals surface area contributed by atoms with Crippen LogP contribution in [0.2, 0.25) is 0 Å². The van der Waals surface area contributed by atoms with Gasteiger partial charge in [-0.2, -0.15) is 0 Å². The second kappa shape index (κ2) is 3.57. The van der Waals surface area contributed by atoms with Crippen LogP contribution in [-0.2, 0) is 4.79 Å². The molecule has 1 heterocycles. The number of carbonyl (C=O) groups is 2. The van der Waals surface area contributed by atoms with E-state index in [0.29, 0.717) is 6.54 Å². The van der Waals surface area contributed by atoms with Gasteiger partial charge >= 0.3 is 6.03 Å². The van der Waals surface area contributed by atoms with E-state index >= 15 is 0 Å². The molecule has 0 aromatic heterocycles. The van der Waals surface area contributed by atoms with E-state index in [9.17, 15) is 9.59 Å².